The molecule has 1 heterocycles. The van der Waals surface area contributed by atoms with Crippen LogP contribution in [0.3, 0.4) is 0 Å². The van der Waals surface area contributed by atoms with Gasteiger partial charge in [-0.2, -0.15) is 13.2 Å². The van der Waals surface area contributed by atoms with Crippen LogP contribution in [-0.4, -0.2) is 17.1 Å². The number of thiazole rings is 1. The zero-order chi connectivity index (χ0) is 10.8. The van der Waals surface area contributed by atoms with Crippen molar-refractivity contribution in [2.45, 2.75) is 18.5 Å². The largest absolute Gasteiger partial charge is 0.397 e. The molecule has 1 aromatic rings. The summed E-state index contributed by atoms with van der Waals surface area (Å²) >= 11 is 0.861. The van der Waals surface area contributed by atoms with Gasteiger partial charge in [0.1, 0.15) is 0 Å². The molecule has 0 aliphatic carbocycles. The van der Waals surface area contributed by atoms with E-state index in [0.717, 1.165) is 17.5 Å². The average molecular weight is 224 g/mol. The third-order valence-corrected chi connectivity index (χ3v) is 2.48. The lowest BCUT2D eigenvalue weighted by Crippen LogP contribution is -2.25. The molecule has 2 N–H and O–H groups in total. The fraction of sp³-hybridized carbons (Fsp3) is 0.429. The maximum atomic E-state index is 12.4. The number of hydrogen-bond acceptors (Lipinski definition) is 3. The Morgan fingerprint density at radius 1 is 1.64 bits per heavy atom. The smallest absolute Gasteiger partial charge is 0.370 e. The van der Waals surface area contributed by atoms with E-state index in [1.807, 2.05) is 0 Å². The van der Waals surface area contributed by atoms with Crippen molar-refractivity contribution >= 4 is 17.2 Å². The monoisotopic (exact) mass is 224 g/mol. The van der Waals surface area contributed by atoms with Crippen LogP contribution in [0.15, 0.2) is 11.7 Å². The number of primary amides is 1. The van der Waals surface area contributed by atoms with Gasteiger partial charge >= 0.3 is 6.18 Å². The highest BCUT2D eigenvalue weighted by molar-refractivity contribution is 7.09. The fourth-order valence-electron chi connectivity index (χ4n) is 0.977. The summed E-state index contributed by atoms with van der Waals surface area (Å²) < 4.78 is 37.2. The quantitative estimate of drug-likeness (QED) is 0.848. The molecule has 14 heavy (non-hydrogen) atoms. The van der Waals surface area contributed by atoms with E-state index in [1.54, 1.807) is 0 Å². The summed E-state index contributed by atoms with van der Waals surface area (Å²) in [5.41, 5.74) is 6.03. The SMILES string of the molecule is NC(=O)CC(c1cncs1)C(F)(F)F. The van der Waals surface area contributed by atoms with Gasteiger partial charge in [-0.05, 0) is 0 Å². The summed E-state index contributed by atoms with van der Waals surface area (Å²) in [5, 5.41) is 0. The van der Waals surface area contributed by atoms with Gasteiger partial charge in [-0.25, -0.2) is 0 Å². The van der Waals surface area contributed by atoms with Crippen LogP contribution in [0, 0.1) is 0 Å². The molecule has 1 aromatic heterocycles. The molecule has 0 aliphatic heterocycles. The van der Waals surface area contributed by atoms with Crippen molar-refractivity contribution < 1.29 is 18.0 Å². The minimum Gasteiger partial charge on any atom is -0.370 e. The average Bonchev–Trinajstić information content (AvgIpc) is 2.49. The van der Waals surface area contributed by atoms with Crippen LogP contribution >= 0.6 is 11.3 Å². The molecular weight excluding hydrogens is 217 g/mol. The first kappa shape index (κ1) is 11.0. The fourth-order valence-corrected chi connectivity index (χ4v) is 1.72. The molecule has 0 aromatic carbocycles. The van der Waals surface area contributed by atoms with E-state index in [-0.39, 0.29) is 4.88 Å². The van der Waals surface area contributed by atoms with Gasteiger partial charge in [-0.3, -0.25) is 9.78 Å². The third kappa shape index (κ3) is 2.69. The Labute approximate surface area is 81.7 Å². The van der Waals surface area contributed by atoms with Gasteiger partial charge in [-0.1, -0.05) is 0 Å². The first-order chi connectivity index (χ1) is 6.41. The molecule has 0 spiro atoms. The molecule has 1 atom stereocenters. The number of halogens is 3. The van der Waals surface area contributed by atoms with Crippen molar-refractivity contribution in [1.82, 2.24) is 4.98 Å². The Hall–Kier alpha value is -1.11. The minimum atomic E-state index is -4.46. The summed E-state index contributed by atoms with van der Waals surface area (Å²) in [7, 11) is 0. The van der Waals surface area contributed by atoms with Gasteiger partial charge in [0.05, 0.1) is 11.4 Å². The van der Waals surface area contributed by atoms with Crippen LogP contribution in [0.4, 0.5) is 13.2 Å². The zero-order valence-corrected chi connectivity index (χ0v) is 7.73. The van der Waals surface area contributed by atoms with Gasteiger partial charge in [0.25, 0.3) is 0 Å². The number of alkyl halides is 3. The predicted molar refractivity (Wildman–Crippen MR) is 44.7 cm³/mol. The van der Waals surface area contributed by atoms with E-state index >= 15 is 0 Å². The van der Waals surface area contributed by atoms with Gasteiger partial charge in [0, 0.05) is 17.5 Å². The van der Waals surface area contributed by atoms with Crippen LogP contribution in [0.1, 0.15) is 17.2 Å². The van der Waals surface area contributed by atoms with Gasteiger partial charge in [0.2, 0.25) is 5.91 Å². The summed E-state index contributed by atoms with van der Waals surface area (Å²) in [5.74, 6) is -2.80. The molecule has 7 heteroatoms. The molecule has 1 unspecified atom stereocenters. The molecule has 0 radical (unpaired) electrons. The van der Waals surface area contributed by atoms with E-state index in [0.29, 0.717) is 0 Å². The highest BCUT2D eigenvalue weighted by atomic mass is 32.1. The topological polar surface area (TPSA) is 56.0 Å². The Morgan fingerprint density at radius 2 is 2.29 bits per heavy atom. The lowest BCUT2D eigenvalue weighted by Gasteiger charge is -2.16. The molecular formula is C7H7F3N2OS. The standard InChI is InChI=1S/C7H7F3N2OS/c8-7(9,10)4(1-6(11)13)5-2-12-3-14-5/h2-4H,1H2,(H2,11,13). The van der Waals surface area contributed by atoms with Gasteiger partial charge in [-0.15, -0.1) is 11.3 Å². The summed E-state index contributed by atoms with van der Waals surface area (Å²) in [6.07, 6.45) is -4.08. The number of nitrogens with zero attached hydrogens (tertiary/aromatic N) is 1. The molecule has 3 nitrogen and oxygen atoms in total. The minimum absolute atomic E-state index is 0.0105. The molecule has 0 bridgehead atoms. The number of rotatable bonds is 3. The number of nitrogens with two attached hydrogens (primary N) is 1. The van der Waals surface area contributed by atoms with E-state index in [2.05, 4.69) is 4.98 Å². The normalized spacial score (nSPS) is 13.9. The van der Waals surface area contributed by atoms with Crippen molar-refractivity contribution in [3.8, 4) is 0 Å². The van der Waals surface area contributed by atoms with Crippen LogP contribution in [0.5, 0.6) is 0 Å². The van der Waals surface area contributed by atoms with Crippen LogP contribution < -0.4 is 5.73 Å². The lowest BCUT2D eigenvalue weighted by atomic mass is 10.0. The van der Waals surface area contributed by atoms with Crippen LogP contribution in [0.2, 0.25) is 0 Å². The number of carbonyl (C=O) groups excluding carboxylic acids is 1. The molecule has 0 fully saturated rings. The number of aromatic nitrogens is 1. The maximum Gasteiger partial charge on any atom is 0.397 e. The molecule has 0 aliphatic rings. The van der Waals surface area contributed by atoms with E-state index < -0.39 is 24.4 Å². The molecule has 1 amide bonds. The Bertz CT molecular complexity index is 309. The summed E-state index contributed by atoms with van der Waals surface area (Å²) in [6.45, 7) is 0. The van der Waals surface area contributed by atoms with Crippen molar-refractivity contribution in [3.63, 3.8) is 0 Å². The van der Waals surface area contributed by atoms with Crippen molar-refractivity contribution in [2.75, 3.05) is 0 Å². The maximum absolute atomic E-state index is 12.4. The molecule has 0 saturated heterocycles. The highest BCUT2D eigenvalue weighted by Gasteiger charge is 2.42. The first-order valence-electron chi connectivity index (χ1n) is 3.64. The zero-order valence-electron chi connectivity index (χ0n) is 6.91. The predicted octanol–water partition coefficient (Wildman–Crippen LogP) is 1.66. The summed E-state index contributed by atoms with van der Waals surface area (Å²) in [6, 6.07) is 0. The van der Waals surface area contributed by atoms with E-state index in [4.69, 9.17) is 5.73 Å². The number of amides is 1. The van der Waals surface area contributed by atoms with Crippen molar-refractivity contribution in [3.05, 3.63) is 16.6 Å². The third-order valence-electron chi connectivity index (χ3n) is 1.60. The Balaban J connectivity index is 2.89. The first-order valence-corrected chi connectivity index (χ1v) is 4.52. The molecule has 0 saturated carbocycles. The lowest BCUT2D eigenvalue weighted by molar-refractivity contribution is -0.155. The van der Waals surface area contributed by atoms with Crippen LogP contribution in [-0.2, 0) is 4.79 Å². The van der Waals surface area contributed by atoms with E-state index in [1.165, 1.54) is 5.51 Å². The van der Waals surface area contributed by atoms with E-state index in [9.17, 15) is 18.0 Å². The Morgan fingerprint density at radius 3 is 2.64 bits per heavy atom. The van der Waals surface area contributed by atoms with Crippen molar-refractivity contribution in [2.24, 2.45) is 5.73 Å². The second-order valence-electron chi connectivity index (χ2n) is 2.67. The molecule has 1 rings (SSSR count). The van der Waals surface area contributed by atoms with Crippen LogP contribution in [0.25, 0.3) is 0 Å². The second kappa shape index (κ2) is 3.95. The highest BCUT2D eigenvalue weighted by Crippen LogP contribution is 2.38. The summed E-state index contributed by atoms with van der Waals surface area (Å²) in [4.78, 5) is 14.0. The van der Waals surface area contributed by atoms with Crippen molar-refractivity contribution in [1.29, 1.82) is 0 Å². The number of carbonyl (C=O) groups is 1. The Kier molecular flexibility index (Phi) is 3.10. The molecule has 78 valence electrons. The number of hydrogen-bond donors (Lipinski definition) is 1. The second-order valence-corrected chi connectivity index (χ2v) is 3.59. The van der Waals surface area contributed by atoms with Gasteiger partial charge in [0.15, 0.2) is 0 Å². The van der Waals surface area contributed by atoms with Gasteiger partial charge < -0.3 is 5.73 Å².